The minimum atomic E-state index is -0.998. The Morgan fingerprint density at radius 3 is 2.54 bits per heavy atom. The molecule has 1 spiro atoms. The van der Waals surface area contributed by atoms with Gasteiger partial charge in [-0.3, -0.25) is 9.59 Å². The summed E-state index contributed by atoms with van der Waals surface area (Å²) in [6, 6.07) is 0. The molecule has 0 radical (unpaired) electrons. The number of esters is 2. The van der Waals surface area contributed by atoms with Gasteiger partial charge in [0.25, 0.3) is 0 Å². The number of aliphatic hydroxyl groups is 1. The first-order valence-corrected chi connectivity index (χ1v) is 10.2. The van der Waals surface area contributed by atoms with Gasteiger partial charge in [0.2, 0.25) is 0 Å². The summed E-state index contributed by atoms with van der Waals surface area (Å²) < 4.78 is 10.4. The largest absolute Gasteiger partial charge is 0.469 e. The number of rotatable bonds is 3. The highest BCUT2D eigenvalue weighted by molar-refractivity contribution is 5.84. The Morgan fingerprint density at radius 1 is 1.21 bits per heavy atom. The normalized spacial score (nSPS) is 49.1. The first kappa shape index (κ1) is 19.6. The van der Waals surface area contributed by atoms with Crippen molar-refractivity contribution in [1.82, 2.24) is 0 Å². The second kappa shape index (κ2) is 5.91. The van der Waals surface area contributed by atoms with E-state index < -0.39 is 39.7 Å². The molecule has 0 aromatic heterocycles. The van der Waals surface area contributed by atoms with Gasteiger partial charge in [0.15, 0.2) is 0 Å². The van der Waals surface area contributed by atoms with Gasteiger partial charge < -0.3 is 19.4 Å². The molecule has 6 heteroatoms. The Labute approximate surface area is 165 Å². The third kappa shape index (κ3) is 2.05. The van der Waals surface area contributed by atoms with Crippen molar-refractivity contribution in [3.63, 3.8) is 0 Å². The third-order valence-corrected chi connectivity index (χ3v) is 8.86. The maximum atomic E-state index is 13.2. The molecule has 7 atom stereocenters. The van der Waals surface area contributed by atoms with Gasteiger partial charge in [-0.2, -0.15) is 0 Å². The topological polar surface area (TPSA) is 89.9 Å². The second-order valence-electron chi connectivity index (χ2n) is 9.78. The van der Waals surface area contributed by atoms with Crippen molar-refractivity contribution in [2.24, 2.45) is 34.0 Å². The van der Waals surface area contributed by atoms with E-state index in [2.05, 4.69) is 6.58 Å². The summed E-state index contributed by atoms with van der Waals surface area (Å²) in [6.07, 6.45) is 5.06. The molecular weight excluding hydrogens is 360 g/mol. The van der Waals surface area contributed by atoms with Crippen LogP contribution in [0.3, 0.4) is 0 Å². The van der Waals surface area contributed by atoms with Crippen LogP contribution in [0.2, 0.25) is 0 Å². The van der Waals surface area contributed by atoms with Crippen LogP contribution in [0.15, 0.2) is 12.2 Å². The highest BCUT2D eigenvalue weighted by atomic mass is 16.5. The Kier molecular flexibility index (Phi) is 4.14. The van der Waals surface area contributed by atoms with Gasteiger partial charge in [0.05, 0.1) is 31.2 Å². The first-order chi connectivity index (χ1) is 13.1. The van der Waals surface area contributed by atoms with E-state index in [-0.39, 0.29) is 11.9 Å². The zero-order chi connectivity index (χ0) is 20.5. The van der Waals surface area contributed by atoms with Crippen LogP contribution in [0.5, 0.6) is 0 Å². The van der Waals surface area contributed by atoms with E-state index in [0.717, 1.165) is 18.3 Å². The van der Waals surface area contributed by atoms with Gasteiger partial charge in [-0.05, 0) is 62.4 Å². The molecule has 0 amide bonds. The Morgan fingerprint density at radius 2 is 1.93 bits per heavy atom. The molecule has 0 aliphatic heterocycles. The molecule has 154 valence electrons. The molecule has 0 saturated heterocycles. The molecule has 4 fully saturated rings. The quantitative estimate of drug-likeness (QED) is 0.452. The van der Waals surface area contributed by atoms with Crippen molar-refractivity contribution < 1.29 is 29.0 Å². The monoisotopic (exact) mass is 390 g/mol. The van der Waals surface area contributed by atoms with Gasteiger partial charge in [0.1, 0.15) is 6.29 Å². The Hall–Kier alpha value is -1.69. The minimum Gasteiger partial charge on any atom is -0.469 e. The lowest BCUT2D eigenvalue weighted by Gasteiger charge is -2.49. The van der Waals surface area contributed by atoms with E-state index in [4.69, 9.17) is 9.47 Å². The predicted molar refractivity (Wildman–Crippen MR) is 99.9 cm³/mol. The number of carbonyl (C=O) groups excluding carboxylic acids is 3. The molecule has 6 nitrogen and oxygen atoms in total. The van der Waals surface area contributed by atoms with E-state index in [1.807, 2.05) is 6.92 Å². The molecule has 7 unspecified atom stereocenters. The van der Waals surface area contributed by atoms with Crippen LogP contribution in [0.1, 0.15) is 51.9 Å². The van der Waals surface area contributed by atoms with Crippen LogP contribution in [0, 0.1) is 34.0 Å². The molecule has 28 heavy (non-hydrogen) atoms. The Balaban J connectivity index is 1.97. The smallest absolute Gasteiger partial charge is 0.311 e. The van der Waals surface area contributed by atoms with E-state index in [1.165, 1.54) is 14.2 Å². The van der Waals surface area contributed by atoms with Gasteiger partial charge in [-0.25, -0.2) is 0 Å². The van der Waals surface area contributed by atoms with Crippen LogP contribution < -0.4 is 0 Å². The van der Waals surface area contributed by atoms with Crippen LogP contribution in [0.4, 0.5) is 0 Å². The summed E-state index contributed by atoms with van der Waals surface area (Å²) in [5, 5.41) is 11.1. The van der Waals surface area contributed by atoms with Crippen molar-refractivity contribution in [2.75, 3.05) is 14.2 Å². The van der Waals surface area contributed by atoms with E-state index in [9.17, 15) is 19.5 Å². The fourth-order valence-electron chi connectivity index (χ4n) is 7.96. The van der Waals surface area contributed by atoms with Gasteiger partial charge in [0, 0.05) is 11.3 Å². The fourth-order valence-corrected chi connectivity index (χ4v) is 7.96. The standard InChI is InChI=1S/C22H30O6/c1-13-10-21-11-22(13,26)9-6-14(21)20(12-23)8-5-7-19(2,18(25)28-4)16(20)15(21)17(24)27-3/h12,14-16,26H,1,5-11H2,2-4H3. The van der Waals surface area contributed by atoms with Gasteiger partial charge in [-0.15, -0.1) is 0 Å². The summed E-state index contributed by atoms with van der Waals surface area (Å²) in [5.74, 6) is -1.97. The molecule has 0 aromatic carbocycles. The predicted octanol–water partition coefficient (Wildman–Crippen LogP) is 2.43. The van der Waals surface area contributed by atoms with Crippen LogP contribution in [-0.4, -0.2) is 43.2 Å². The van der Waals surface area contributed by atoms with Crippen molar-refractivity contribution in [3.05, 3.63) is 12.2 Å². The number of hydrogen-bond acceptors (Lipinski definition) is 6. The van der Waals surface area contributed by atoms with Gasteiger partial charge >= 0.3 is 11.9 Å². The van der Waals surface area contributed by atoms with Crippen LogP contribution in [-0.2, 0) is 23.9 Å². The number of methoxy groups -OCH3 is 2. The number of carbonyl (C=O) groups is 3. The lowest BCUT2D eigenvalue weighted by atomic mass is 9.53. The fraction of sp³-hybridized carbons (Fsp3) is 0.773. The highest BCUT2D eigenvalue weighted by Gasteiger charge is 2.78. The maximum absolute atomic E-state index is 13.2. The summed E-state index contributed by atoms with van der Waals surface area (Å²) in [6.45, 7) is 5.95. The van der Waals surface area contributed by atoms with Crippen molar-refractivity contribution in [3.8, 4) is 0 Å². The Bertz CT molecular complexity index is 760. The van der Waals surface area contributed by atoms with Crippen molar-refractivity contribution in [1.29, 1.82) is 0 Å². The molecule has 0 heterocycles. The summed E-state index contributed by atoms with van der Waals surface area (Å²) in [5.41, 5.74) is -2.58. The number of hydrogen-bond donors (Lipinski definition) is 1. The zero-order valence-corrected chi connectivity index (χ0v) is 17.0. The SMILES string of the molecule is C=C1CC23CC1(O)CCC2C1(C=O)CCCC(C)(C(=O)OC)C1C3C(=O)OC. The maximum Gasteiger partial charge on any atom is 0.311 e. The molecule has 0 aromatic rings. The molecule has 4 aliphatic carbocycles. The zero-order valence-electron chi connectivity index (χ0n) is 17.0. The molecule has 4 rings (SSSR count). The average molecular weight is 390 g/mol. The first-order valence-electron chi connectivity index (χ1n) is 10.2. The summed E-state index contributed by atoms with van der Waals surface area (Å²) in [4.78, 5) is 38.8. The van der Waals surface area contributed by atoms with Crippen molar-refractivity contribution in [2.45, 2.75) is 57.5 Å². The van der Waals surface area contributed by atoms with E-state index in [0.29, 0.717) is 38.5 Å². The third-order valence-electron chi connectivity index (χ3n) is 8.86. The summed E-state index contributed by atoms with van der Waals surface area (Å²) >= 11 is 0. The lowest BCUT2D eigenvalue weighted by Crippen LogP contribution is -2.52. The molecule has 2 bridgehead atoms. The number of fused-ring (bicyclic) bond motifs is 3. The minimum absolute atomic E-state index is 0.0737. The van der Waals surface area contributed by atoms with Crippen LogP contribution >= 0.6 is 0 Å². The average Bonchev–Trinajstić information content (AvgIpc) is 3.04. The molecule has 1 N–H and O–H groups in total. The van der Waals surface area contributed by atoms with E-state index in [1.54, 1.807) is 0 Å². The second-order valence-corrected chi connectivity index (χ2v) is 9.78. The molecule has 4 aliphatic rings. The van der Waals surface area contributed by atoms with E-state index >= 15 is 0 Å². The van der Waals surface area contributed by atoms with Crippen LogP contribution in [0.25, 0.3) is 0 Å². The lowest BCUT2D eigenvalue weighted by molar-refractivity contribution is -0.171. The molecular formula is C22H30O6. The number of ether oxygens (including phenoxy) is 2. The molecule has 4 saturated carbocycles. The van der Waals surface area contributed by atoms with Gasteiger partial charge in [-0.1, -0.05) is 13.0 Å². The van der Waals surface area contributed by atoms with Crippen molar-refractivity contribution >= 4 is 18.2 Å². The number of aldehydes is 1. The highest BCUT2D eigenvalue weighted by Crippen LogP contribution is 2.77. The summed E-state index contributed by atoms with van der Waals surface area (Å²) in [7, 11) is 2.71.